The summed E-state index contributed by atoms with van der Waals surface area (Å²) in [6.45, 7) is 6.21. The Hall–Kier alpha value is -1.95. The number of carbonyl (C=O) groups is 2. The van der Waals surface area contributed by atoms with Crippen LogP contribution in [-0.4, -0.2) is 23.5 Å². The van der Waals surface area contributed by atoms with Gasteiger partial charge in [0.15, 0.2) is 0 Å². The maximum absolute atomic E-state index is 13.5. The van der Waals surface area contributed by atoms with Crippen molar-refractivity contribution in [1.82, 2.24) is 0 Å². The molecule has 0 saturated heterocycles. The maximum atomic E-state index is 13.5. The number of rotatable bonds is 5. The SMILES string of the molecule is CC(C)(C)CC(CN)C(=O)Nc1ccc(C(=O)O)c(F)c1. The summed E-state index contributed by atoms with van der Waals surface area (Å²) in [5, 5.41) is 11.3. The zero-order valence-electron chi connectivity index (χ0n) is 12.4. The summed E-state index contributed by atoms with van der Waals surface area (Å²) in [7, 11) is 0. The van der Waals surface area contributed by atoms with Crippen LogP contribution in [0.5, 0.6) is 0 Å². The van der Waals surface area contributed by atoms with E-state index < -0.39 is 17.3 Å². The highest BCUT2D eigenvalue weighted by atomic mass is 19.1. The molecule has 1 atom stereocenters. The van der Waals surface area contributed by atoms with Crippen LogP contribution in [0.25, 0.3) is 0 Å². The Kier molecular flexibility index (Phi) is 5.43. The molecule has 0 aliphatic rings. The van der Waals surface area contributed by atoms with Gasteiger partial charge >= 0.3 is 5.97 Å². The summed E-state index contributed by atoms with van der Waals surface area (Å²) in [5.74, 6) is -2.92. The molecule has 0 aliphatic heterocycles. The Morgan fingerprint density at radius 2 is 2.00 bits per heavy atom. The van der Waals surface area contributed by atoms with Gasteiger partial charge in [-0.25, -0.2) is 9.18 Å². The zero-order chi connectivity index (χ0) is 16.2. The van der Waals surface area contributed by atoms with Crippen LogP contribution in [0.3, 0.4) is 0 Å². The third-order valence-electron chi connectivity index (χ3n) is 2.98. The van der Waals surface area contributed by atoms with Gasteiger partial charge in [0.1, 0.15) is 5.82 Å². The molecule has 0 spiro atoms. The Labute approximate surface area is 123 Å². The fourth-order valence-corrected chi connectivity index (χ4v) is 2.03. The van der Waals surface area contributed by atoms with Crippen molar-refractivity contribution in [3.05, 3.63) is 29.6 Å². The molecule has 1 amide bonds. The van der Waals surface area contributed by atoms with Crippen molar-refractivity contribution < 1.29 is 19.1 Å². The van der Waals surface area contributed by atoms with E-state index >= 15 is 0 Å². The van der Waals surface area contributed by atoms with Crippen molar-refractivity contribution in [2.75, 3.05) is 11.9 Å². The molecule has 1 aromatic rings. The second-order valence-corrected chi connectivity index (χ2v) is 6.19. The van der Waals surface area contributed by atoms with Gasteiger partial charge in [-0.2, -0.15) is 0 Å². The smallest absolute Gasteiger partial charge is 0.338 e. The standard InChI is InChI=1S/C15H21FN2O3/c1-15(2,3)7-9(8-17)13(19)18-10-4-5-11(14(20)21)12(16)6-10/h4-6,9H,7-8,17H2,1-3H3,(H,18,19)(H,20,21). The molecular formula is C15H21FN2O3. The molecule has 0 radical (unpaired) electrons. The normalized spacial score (nSPS) is 12.8. The van der Waals surface area contributed by atoms with E-state index in [1.165, 1.54) is 6.07 Å². The van der Waals surface area contributed by atoms with E-state index in [0.717, 1.165) is 12.1 Å². The number of benzene rings is 1. The maximum Gasteiger partial charge on any atom is 0.338 e. The van der Waals surface area contributed by atoms with Crippen molar-refractivity contribution in [2.45, 2.75) is 27.2 Å². The summed E-state index contributed by atoms with van der Waals surface area (Å²) in [6.07, 6.45) is 0.602. The fraction of sp³-hybridized carbons (Fsp3) is 0.467. The number of carbonyl (C=O) groups excluding carboxylic acids is 1. The van der Waals surface area contributed by atoms with Crippen LogP contribution in [0.1, 0.15) is 37.6 Å². The van der Waals surface area contributed by atoms with Gasteiger partial charge in [0.2, 0.25) is 5.91 Å². The molecule has 6 heteroatoms. The topological polar surface area (TPSA) is 92.4 Å². The van der Waals surface area contributed by atoms with Gasteiger partial charge in [0, 0.05) is 12.2 Å². The summed E-state index contributed by atoms with van der Waals surface area (Å²) in [5.41, 5.74) is 5.34. The average molecular weight is 296 g/mol. The minimum absolute atomic E-state index is 0.0558. The van der Waals surface area contributed by atoms with Gasteiger partial charge in [0.05, 0.1) is 11.5 Å². The fourth-order valence-electron chi connectivity index (χ4n) is 2.03. The number of aromatic carboxylic acids is 1. The van der Waals surface area contributed by atoms with Gasteiger partial charge in [0.25, 0.3) is 0 Å². The van der Waals surface area contributed by atoms with E-state index in [9.17, 15) is 14.0 Å². The molecule has 116 valence electrons. The first-order valence-electron chi connectivity index (χ1n) is 6.68. The third kappa shape index (κ3) is 5.15. The van der Waals surface area contributed by atoms with Crippen LogP contribution >= 0.6 is 0 Å². The van der Waals surface area contributed by atoms with Gasteiger partial charge in [-0.1, -0.05) is 20.8 Å². The minimum Gasteiger partial charge on any atom is -0.478 e. The lowest BCUT2D eigenvalue weighted by Crippen LogP contribution is -2.32. The molecule has 1 aromatic carbocycles. The Balaban J connectivity index is 2.82. The van der Waals surface area contributed by atoms with Gasteiger partial charge in [-0.05, 0) is 30.0 Å². The largest absolute Gasteiger partial charge is 0.478 e. The molecular weight excluding hydrogens is 275 g/mol. The third-order valence-corrected chi connectivity index (χ3v) is 2.98. The van der Waals surface area contributed by atoms with Crippen LogP contribution in [0.2, 0.25) is 0 Å². The van der Waals surface area contributed by atoms with Gasteiger partial charge in [-0.3, -0.25) is 4.79 Å². The summed E-state index contributed by atoms with van der Waals surface area (Å²) in [6, 6.07) is 3.47. The Bertz CT molecular complexity index is 538. The van der Waals surface area contributed by atoms with E-state index in [1.807, 2.05) is 20.8 Å². The number of anilines is 1. The molecule has 0 fully saturated rings. The lowest BCUT2D eigenvalue weighted by Gasteiger charge is -2.24. The number of halogens is 1. The highest BCUT2D eigenvalue weighted by Crippen LogP contribution is 2.25. The van der Waals surface area contributed by atoms with E-state index in [-0.39, 0.29) is 29.5 Å². The first kappa shape index (κ1) is 17.1. The highest BCUT2D eigenvalue weighted by Gasteiger charge is 2.24. The second kappa shape index (κ2) is 6.67. The van der Waals surface area contributed by atoms with Crippen molar-refractivity contribution in [3.8, 4) is 0 Å². The van der Waals surface area contributed by atoms with E-state index in [2.05, 4.69) is 5.32 Å². The van der Waals surface area contributed by atoms with E-state index in [4.69, 9.17) is 10.8 Å². The molecule has 4 N–H and O–H groups in total. The Morgan fingerprint density at radius 3 is 2.43 bits per heavy atom. The number of hydrogen-bond donors (Lipinski definition) is 3. The lowest BCUT2D eigenvalue weighted by molar-refractivity contribution is -0.120. The Morgan fingerprint density at radius 1 is 1.38 bits per heavy atom. The van der Waals surface area contributed by atoms with Crippen LogP contribution in [0.15, 0.2) is 18.2 Å². The molecule has 1 rings (SSSR count). The molecule has 0 saturated carbocycles. The number of hydrogen-bond acceptors (Lipinski definition) is 3. The van der Waals surface area contributed by atoms with Gasteiger partial charge < -0.3 is 16.2 Å². The van der Waals surface area contributed by atoms with E-state index in [0.29, 0.717) is 6.42 Å². The highest BCUT2D eigenvalue weighted by molar-refractivity contribution is 5.94. The first-order valence-corrected chi connectivity index (χ1v) is 6.68. The number of amides is 1. The lowest BCUT2D eigenvalue weighted by atomic mass is 9.84. The van der Waals surface area contributed by atoms with Crippen molar-refractivity contribution in [2.24, 2.45) is 17.1 Å². The monoisotopic (exact) mass is 296 g/mol. The summed E-state index contributed by atoms with van der Waals surface area (Å²) >= 11 is 0. The minimum atomic E-state index is -1.35. The molecule has 21 heavy (non-hydrogen) atoms. The summed E-state index contributed by atoms with van der Waals surface area (Å²) in [4.78, 5) is 22.8. The summed E-state index contributed by atoms with van der Waals surface area (Å²) < 4.78 is 13.5. The van der Waals surface area contributed by atoms with Crippen LogP contribution in [0.4, 0.5) is 10.1 Å². The molecule has 0 aliphatic carbocycles. The molecule has 0 aromatic heterocycles. The number of nitrogens with one attached hydrogen (secondary N) is 1. The number of carboxylic acid groups (broad SMARTS) is 1. The predicted molar refractivity (Wildman–Crippen MR) is 78.6 cm³/mol. The molecule has 1 unspecified atom stereocenters. The van der Waals surface area contributed by atoms with Crippen molar-refractivity contribution >= 4 is 17.6 Å². The first-order chi connectivity index (χ1) is 9.64. The molecule has 5 nitrogen and oxygen atoms in total. The predicted octanol–water partition coefficient (Wildman–Crippen LogP) is 2.47. The molecule has 0 heterocycles. The van der Waals surface area contributed by atoms with Crippen LogP contribution in [0, 0.1) is 17.2 Å². The zero-order valence-corrected chi connectivity index (χ0v) is 12.4. The number of nitrogens with two attached hydrogens (primary N) is 1. The quantitative estimate of drug-likeness (QED) is 0.778. The van der Waals surface area contributed by atoms with Crippen molar-refractivity contribution in [3.63, 3.8) is 0 Å². The van der Waals surface area contributed by atoms with Crippen LogP contribution in [-0.2, 0) is 4.79 Å². The second-order valence-electron chi connectivity index (χ2n) is 6.19. The van der Waals surface area contributed by atoms with Crippen LogP contribution < -0.4 is 11.1 Å². The van der Waals surface area contributed by atoms with E-state index in [1.54, 1.807) is 0 Å². The van der Waals surface area contributed by atoms with Crippen molar-refractivity contribution in [1.29, 1.82) is 0 Å². The average Bonchev–Trinajstić information content (AvgIpc) is 2.34. The van der Waals surface area contributed by atoms with Gasteiger partial charge in [-0.15, -0.1) is 0 Å². The molecule has 0 bridgehead atoms. The number of carboxylic acids is 1.